The fourth-order valence-electron chi connectivity index (χ4n) is 7.36. The number of hydrogen-bond donors (Lipinski definition) is 3. The van der Waals surface area contributed by atoms with Crippen LogP contribution in [0.4, 0.5) is 18.0 Å². The summed E-state index contributed by atoms with van der Waals surface area (Å²) in [5, 5.41) is 3.36. The molecule has 326 valence electrons. The lowest BCUT2D eigenvalue weighted by Gasteiger charge is -2.29. The van der Waals surface area contributed by atoms with E-state index in [-0.39, 0.29) is 59.5 Å². The largest absolute Gasteiger partial charge is 0.494 e. The number of nitrogens with one attached hydrogen (secondary N) is 2. The van der Waals surface area contributed by atoms with Gasteiger partial charge in [-0.3, -0.25) is 19.1 Å². The van der Waals surface area contributed by atoms with E-state index in [0.717, 1.165) is 39.5 Å². The first-order chi connectivity index (χ1) is 27.1. The minimum absolute atomic E-state index is 0. The Morgan fingerprint density at radius 3 is 2.47 bits per heavy atom. The third kappa shape index (κ3) is 10.3. The van der Waals surface area contributed by atoms with Gasteiger partial charge in [0.15, 0.2) is 17.2 Å². The van der Waals surface area contributed by atoms with E-state index in [1.54, 1.807) is 12.1 Å². The van der Waals surface area contributed by atoms with Crippen molar-refractivity contribution in [2.45, 2.75) is 127 Å². The van der Waals surface area contributed by atoms with Gasteiger partial charge in [0.25, 0.3) is 11.8 Å². The van der Waals surface area contributed by atoms with E-state index in [2.05, 4.69) is 39.3 Å². The number of nitrogens with zero attached hydrogens (tertiary/aromatic N) is 2. The number of aromatic nitrogens is 1. The molecule has 18 heteroatoms. The summed E-state index contributed by atoms with van der Waals surface area (Å²) in [6.07, 6.45) is 8.57. The molecule has 6 rings (SSSR count). The van der Waals surface area contributed by atoms with E-state index in [9.17, 15) is 40.8 Å². The number of nitrogens with two attached hydrogens (primary N) is 1. The van der Waals surface area contributed by atoms with Crippen LogP contribution in [-0.2, 0) is 29.1 Å². The van der Waals surface area contributed by atoms with Crippen LogP contribution in [0.3, 0.4) is 0 Å². The monoisotopic (exact) mass is 843 g/mol. The fraction of sp³-hybridized carbons (Fsp3) is 0.625. The van der Waals surface area contributed by atoms with E-state index < -0.39 is 68.2 Å². The second-order valence-electron chi connectivity index (χ2n) is 16.5. The number of pyridine rings is 1. The van der Waals surface area contributed by atoms with Gasteiger partial charge in [-0.25, -0.2) is 31.4 Å². The molecule has 1 aromatic carbocycles. The maximum absolute atomic E-state index is 14.7. The number of amides is 4. The average molecular weight is 844 g/mol. The Labute approximate surface area is 341 Å². The number of ether oxygens (including phenoxy) is 3. The molecule has 1 aromatic heterocycles. The smallest absolute Gasteiger partial charge is 0.405 e. The third-order valence-corrected chi connectivity index (χ3v) is 13.3. The van der Waals surface area contributed by atoms with Crippen molar-refractivity contribution in [3.05, 3.63) is 42.4 Å². The highest BCUT2D eigenvalue weighted by Crippen LogP contribution is 2.46. The fourth-order valence-corrected chi connectivity index (χ4v) is 8.72. The molecule has 58 heavy (non-hydrogen) atoms. The molecule has 6 atom stereocenters. The van der Waals surface area contributed by atoms with E-state index >= 15 is 0 Å². The van der Waals surface area contributed by atoms with Crippen molar-refractivity contribution in [1.29, 1.82) is 0 Å². The van der Waals surface area contributed by atoms with Gasteiger partial charge in [-0.1, -0.05) is 32.4 Å². The van der Waals surface area contributed by atoms with Crippen LogP contribution < -0.4 is 25.2 Å². The molecule has 4 aliphatic rings. The summed E-state index contributed by atoms with van der Waals surface area (Å²) in [4.78, 5) is 57.5. The van der Waals surface area contributed by atoms with Gasteiger partial charge in [-0.2, -0.15) is 0 Å². The molecule has 14 nitrogen and oxygen atoms in total. The van der Waals surface area contributed by atoms with Crippen molar-refractivity contribution >= 4 is 44.6 Å². The maximum Gasteiger partial charge on any atom is 0.405 e. The number of benzene rings is 1. The SMILES string of the molecule is CC(F)(F)C(C)(C)OC(N)=O.CC[C@H]1CC(=O)N2C[C@H](Oc3nccc4cc(OC)c(F)cc34)C[C@H]2C(=O)N[C@]2(C(=O)NS(=O)(=O)C3CC3)C[C@H]2/C=C\CC[C@H](C)C1.[HH].[HH].[HH]. The van der Waals surface area contributed by atoms with E-state index in [0.29, 0.717) is 36.5 Å². The lowest BCUT2D eigenvalue weighted by molar-refractivity contribution is -0.148. The minimum atomic E-state index is -3.84. The Kier molecular flexibility index (Phi) is 13.3. The number of methoxy groups -OCH3 is 1. The first-order valence-electron chi connectivity index (χ1n) is 19.6. The van der Waals surface area contributed by atoms with Gasteiger partial charge in [0.05, 0.1) is 18.9 Å². The summed E-state index contributed by atoms with van der Waals surface area (Å²) < 4.78 is 82.9. The van der Waals surface area contributed by atoms with Crippen LogP contribution in [-0.4, -0.2) is 90.2 Å². The summed E-state index contributed by atoms with van der Waals surface area (Å²) in [7, 11) is -2.46. The first kappa shape index (κ1) is 44.5. The van der Waals surface area contributed by atoms with Gasteiger partial charge in [0, 0.05) is 41.5 Å². The predicted octanol–water partition coefficient (Wildman–Crippen LogP) is 6.26. The number of carbonyl (C=O) groups is 4. The second-order valence-corrected chi connectivity index (χ2v) is 18.4. The molecular weight excluding hydrogens is 784 g/mol. The second kappa shape index (κ2) is 17.3. The Hall–Kier alpha value is -4.61. The lowest BCUT2D eigenvalue weighted by Crippen LogP contribution is -2.56. The maximum atomic E-state index is 14.7. The van der Waals surface area contributed by atoms with Crippen molar-refractivity contribution < 1.29 is 59.3 Å². The number of rotatable bonds is 9. The number of fused-ring (bicyclic) bond motifs is 3. The van der Waals surface area contributed by atoms with Gasteiger partial charge >= 0.3 is 6.09 Å². The van der Waals surface area contributed by atoms with Crippen molar-refractivity contribution in [2.75, 3.05) is 13.7 Å². The summed E-state index contributed by atoms with van der Waals surface area (Å²) in [6.45, 7) is 7.17. The van der Waals surface area contributed by atoms with Crippen LogP contribution in [0.2, 0.25) is 0 Å². The highest BCUT2D eigenvalue weighted by molar-refractivity contribution is 7.91. The van der Waals surface area contributed by atoms with Gasteiger partial charge in [0.2, 0.25) is 27.7 Å². The summed E-state index contributed by atoms with van der Waals surface area (Å²) >= 11 is 0. The van der Waals surface area contributed by atoms with Crippen LogP contribution in [0.5, 0.6) is 11.6 Å². The van der Waals surface area contributed by atoms with Gasteiger partial charge in [0.1, 0.15) is 17.7 Å². The Morgan fingerprint density at radius 1 is 1.16 bits per heavy atom. The number of sulfonamides is 1. The number of halogens is 3. The summed E-state index contributed by atoms with van der Waals surface area (Å²) in [6, 6.07) is 3.58. The number of hydrogen-bond acceptors (Lipinski definition) is 10. The molecule has 2 saturated carbocycles. The minimum Gasteiger partial charge on any atom is -0.494 e. The summed E-state index contributed by atoms with van der Waals surface area (Å²) in [5.41, 5.74) is 1.30. The van der Waals surface area contributed by atoms with Crippen LogP contribution in [0.15, 0.2) is 36.5 Å². The van der Waals surface area contributed by atoms with Crippen LogP contribution >= 0.6 is 0 Å². The van der Waals surface area contributed by atoms with Crippen molar-refractivity contribution in [3.63, 3.8) is 0 Å². The molecule has 2 aliphatic heterocycles. The molecule has 2 aliphatic carbocycles. The number of primary amides is 1. The van der Waals surface area contributed by atoms with Gasteiger partial charge in [-0.15, -0.1) is 0 Å². The van der Waals surface area contributed by atoms with Gasteiger partial charge in [-0.05, 0) is 87.8 Å². The number of allylic oxidation sites excluding steroid dienone is 1. The van der Waals surface area contributed by atoms with Gasteiger partial charge < -0.3 is 30.2 Å². The highest BCUT2D eigenvalue weighted by Gasteiger charge is 2.62. The predicted molar refractivity (Wildman–Crippen MR) is 214 cm³/mol. The van der Waals surface area contributed by atoms with Crippen LogP contribution in [0, 0.1) is 23.6 Å². The molecule has 0 unspecified atom stereocenters. The molecule has 4 N–H and O–H groups in total. The van der Waals surface area contributed by atoms with Crippen LogP contribution in [0.1, 0.15) is 96.7 Å². The van der Waals surface area contributed by atoms with Crippen LogP contribution in [0.25, 0.3) is 10.8 Å². The number of alkyl halides is 2. The molecule has 3 heterocycles. The molecule has 2 aromatic rings. The van der Waals surface area contributed by atoms with E-state index in [1.807, 2.05) is 12.2 Å². The normalized spacial score (nSPS) is 27.3. The summed E-state index contributed by atoms with van der Waals surface area (Å²) in [5.74, 6) is -4.80. The first-order valence-corrected chi connectivity index (χ1v) is 21.1. The van der Waals surface area contributed by atoms with E-state index in [1.165, 1.54) is 24.3 Å². The quantitative estimate of drug-likeness (QED) is 0.243. The molecule has 0 radical (unpaired) electrons. The zero-order valence-electron chi connectivity index (χ0n) is 33.7. The standard InChI is InChI=1S/C34H43FN4O7S.C6H11F2NO2.3H2/c1-4-21-13-20(2)7-5-6-8-23-18-34(23,33(42)38-47(43,44)25-9-10-25)37-31(41)28-16-24(19-39(28)30(40)14-21)46-32-26-17-27(35)29(45-3)15-22(26)11-12-36-32;1-5(2,6(3,7)8)11-4(9)10;;;/h6,8,11-12,15,17,20-21,23-25,28H,4-5,7,9-10,13-14,16,18-19H2,1-3H3,(H,37,41)(H,38,42);1-3H3,(H2,9,10);3*1H/b8-6-;;;;/t20-,21+,23+,24+,28-,34+;;;;/m0..../s1. The van der Waals surface area contributed by atoms with Crippen molar-refractivity contribution in [3.8, 4) is 11.6 Å². The zero-order valence-corrected chi connectivity index (χ0v) is 34.5. The highest BCUT2D eigenvalue weighted by atomic mass is 32.2. The molecule has 0 spiro atoms. The third-order valence-electron chi connectivity index (χ3n) is 11.5. The molecular formula is C40H60F3N5O9S. The lowest BCUT2D eigenvalue weighted by atomic mass is 9.88. The molecule has 0 bridgehead atoms. The molecule has 1 saturated heterocycles. The Balaban J connectivity index is 0.000000809. The zero-order chi connectivity index (χ0) is 42.8. The van der Waals surface area contributed by atoms with E-state index in [4.69, 9.17) is 9.47 Å². The molecule has 3 fully saturated rings. The van der Waals surface area contributed by atoms with Crippen molar-refractivity contribution in [1.82, 2.24) is 19.9 Å². The number of carbonyl (C=O) groups excluding carboxylic acids is 4. The molecule has 4 amide bonds. The Morgan fingerprint density at radius 2 is 1.86 bits per heavy atom. The van der Waals surface area contributed by atoms with Crippen molar-refractivity contribution in [2.24, 2.45) is 23.5 Å². The topological polar surface area (TPSA) is 196 Å². The Bertz CT molecular complexity index is 2040. The average Bonchev–Trinajstić information content (AvgIpc) is 4.06.